The molecule has 0 aromatic rings. The van der Waals surface area contributed by atoms with E-state index in [1.165, 1.54) is 0 Å². The van der Waals surface area contributed by atoms with Crippen molar-refractivity contribution in [3.63, 3.8) is 0 Å². The number of hydrogen-bond acceptors (Lipinski definition) is 3. The first-order valence-electron chi connectivity index (χ1n) is 5.17. The second-order valence-corrected chi connectivity index (χ2v) is 4.39. The SMILES string of the molecule is CC(C)C(=O)N[C@H]1CCN(C)CC1O. The monoisotopic (exact) mass is 200 g/mol. The van der Waals surface area contributed by atoms with Crippen molar-refractivity contribution in [1.82, 2.24) is 10.2 Å². The average Bonchev–Trinajstić information content (AvgIpc) is 2.09. The minimum Gasteiger partial charge on any atom is -0.390 e. The van der Waals surface area contributed by atoms with Gasteiger partial charge in [0.15, 0.2) is 0 Å². The number of aliphatic hydroxyl groups is 1. The van der Waals surface area contributed by atoms with E-state index in [-0.39, 0.29) is 17.9 Å². The third-order valence-corrected chi connectivity index (χ3v) is 2.64. The number of rotatable bonds is 2. The molecule has 2 N–H and O–H groups in total. The molecule has 1 aliphatic rings. The minimum absolute atomic E-state index is 0.0122. The van der Waals surface area contributed by atoms with E-state index in [0.29, 0.717) is 6.54 Å². The Morgan fingerprint density at radius 2 is 2.21 bits per heavy atom. The van der Waals surface area contributed by atoms with Gasteiger partial charge in [0.25, 0.3) is 0 Å². The van der Waals surface area contributed by atoms with Gasteiger partial charge in [-0.15, -0.1) is 0 Å². The molecular formula is C10H20N2O2. The van der Waals surface area contributed by atoms with Crippen molar-refractivity contribution in [2.45, 2.75) is 32.4 Å². The van der Waals surface area contributed by atoms with Gasteiger partial charge in [-0.3, -0.25) is 4.79 Å². The molecule has 1 amide bonds. The van der Waals surface area contributed by atoms with E-state index in [2.05, 4.69) is 10.2 Å². The number of aliphatic hydroxyl groups excluding tert-OH is 1. The van der Waals surface area contributed by atoms with Crippen molar-refractivity contribution in [1.29, 1.82) is 0 Å². The predicted molar refractivity (Wildman–Crippen MR) is 54.9 cm³/mol. The molecule has 0 aromatic carbocycles. The average molecular weight is 200 g/mol. The standard InChI is InChI=1S/C10H20N2O2/c1-7(2)10(14)11-8-4-5-12(3)6-9(8)13/h7-9,13H,4-6H2,1-3H3,(H,11,14)/t8-,9?/m0/s1. The number of carbonyl (C=O) groups is 1. The highest BCUT2D eigenvalue weighted by atomic mass is 16.3. The van der Waals surface area contributed by atoms with Gasteiger partial charge in [0, 0.05) is 12.5 Å². The van der Waals surface area contributed by atoms with Gasteiger partial charge < -0.3 is 15.3 Å². The summed E-state index contributed by atoms with van der Waals surface area (Å²) in [5, 5.41) is 12.6. The first-order valence-corrected chi connectivity index (χ1v) is 5.17. The number of likely N-dealkylation sites (N-methyl/N-ethyl adjacent to an activating group) is 1. The Balaban J connectivity index is 2.41. The van der Waals surface area contributed by atoms with Crippen LogP contribution in [0.2, 0.25) is 0 Å². The summed E-state index contributed by atoms with van der Waals surface area (Å²) in [5.74, 6) is 0.0143. The van der Waals surface area contributed by atoms with E-state index < -0.39 is 6.10 Å². The lowest BCUT2D eigenvalue weighted by Gasteiger charge is -2.34. The van der Waals surface area contributed by atoms with Crippen molar-refractivity contribution in [3.8, 4) is 0 Å². The van der Waals surface area contributed by atoms with Crippen LogP contribution in [-0.2, 0) is 4.79 Å². The van der Waals surface area contributed by atoms with Gasteiger partial charge in [0.05, 0.1) is 12.1 Å². The van der Waals surface area contributed by atoms with Gasteiger partial charge in [-0.25, -0.2) is 0 Å². The summed E-state index contributed by atoms with van der Waals surface area (Å²) in [5.41, 5.74) is 0. The first kappa shape index (κ1) is 11.5. The summed E-state index contributed by atoms with van der Waals surface area (Å²) < 4.78 is 0. The molecule has 1 rings (SSSR count). The maximum Gasteiger partial charge on any atom is 0.222 e. The fourth-order valence-electron chi connectivity index (χ4n) is 1.61. The van der Waals surface area contributed by atoms with Crippen LogP contribution in [0.5, 0.6) is 0 Å². The third kappa shape index (κ3) is 2.96. The molecule has 1 aliphatic heterocycles. The van der Waals surface area contributed by atoms with E-state index in [0.717, 1.165) is 13.0 Å². The largest absolute Gasteiger partial charge is 0.390 e. The number of nitrogens with one attached hydrogen (secondary N) is 1. The van der Waals surface area contributed by atoms with Crippen LogP contribution in [0.1, 0.15) is 20.3 Å². The molecule has 1 unspecified atom stereocenters. The number of carbonyl (C=O) groups excluding carboxylic acids is 1. The molecule has 0 bridgehead atoms. The first-order chi connectivity index (χ1) is 6.50. The predicted octanol–water partition coefficient (Wildman–Crippen LogP) is -0.176. The van der Waals surface area contributed by atoms with E-state index in [1.807, 2.05) is 20.9 Å². The Kier molecular flexibility index (Phi) is 3.89. The summed E-state index contributed by atoms with van der Waals surface area (Å²) >= 11 is 0. The van der Waals surface area contributed by atoms with Crippen LogP contribution in [0.4, 0.5) is 0 Å². The highest BCUT2D eigenvalue weighted by Gasteiger charge is 2.27. The lowest BCUT2D eigenvalue weighted by Crippen LogP contribution is -2.53. The number of nitrogens with zero attached hydrogens (tertiary/aromatic N) is 1. The zero-order valence-corrected chi connectivity index (χ0v) is 9.16. The molecule has 0 radical (unpaired) electrons. The Labute approximate surface area is 85.3 Å². The van der Waals surface area contributed by atoms with Crippen molar-refractivity contribution in [2.75, 3.05) is 20.1 Å². The van der Waals surface area contributed by atoms with Crippen LogP contribution in [0.15, 0.2) is 0 Å². The van der Waals surface area contributed by atoms with Crippen LogP contribution in [0.25, 0.3) is 0 Å². The Hall–Kier alpha value is -0.610. The second-order valence-electron chi connectivity index (χ2n) is 4.39. The Morgan fingerprint density at radius 3 is 2.71 bits per heavy atom. The van der Waals surface area contributed by atoms with Crippen molar-refractivity contribution >= 4 is 5.91 Å². The second kappa shape index (κ2) is 4.75. The van der Waals surface area contributed by atoms with E-state index in [4.69, 9.17) is 0 Å². The zero-order chi connectivity index (χ0) is 10.7. The fraction of sp³-hybridized carbons (Fsp3) is 0.900. The van der Waals surface area contributed by atoms with Gasteiger partial charge in [-0.1, -0.05) is 13.8 Å². The van der Waals surface area contributed by atoms with Crippen LogP contribution in [0, 0.1) is 5.92 Å². The molecular weight excluding hydrogens is 180 g/mol. The van der Waals surface area contributed by atoms with E-state index >= 15 is 0 Å². The highest BCUT2D eigenvalue weighted by molar-refractivity contribution is 5.78. The topological polar surface area (TPSA) is 52.6 Å². The summed E-state index contributed by atoms with van der Waals surface area (Å²) in [6.45, 7) is 5.29. The number of hydrogen-bond donors (Lipinski definition) is 2. The maximum absolute atomic E-state index is 11.4. The van der Waals surface area contributed by atoms with Gasteiger partial charge >= 0.3 is 0 Å². The number of β-amino-alcohol motifs (C(OH)–C–C–N with tert-alkyl or cyclic N) is 1. The Bertz CT molecular complexity index is 206. The van der Waals surface area contributed by atoms with Crippen LogP contribution in [-0.4, -0.2) is 48.2 Å². The normalized spacial score (nSPS) is 29.2. The summed E-state index contributed by atoms with van der Waals surface area (Å²) in [4.78, 5) is 13.5. The smallest absolute Gasteiger partial charge is 0.222 e. The molecule has 0 aromatic heterocycles. The van der Waals surface area contributed by atoms with E-state index in [1.54, 1.807) is 0 Å². The number of amides is 1. The minimum atomic E-state index is -0.434. The molecule has 2 atom stereocenters. The van der Waals surface area contributed by atoms with Crippen LogP contribution in [0.3, 0.4) is 0 Å². The van der Waals surface area contributed by atoms with E-state index in [9.17, 15) is 9.90 Å². The molecule has 4 heteroatoms. The maximum atomic E-state index is 11.4. The molecule has 1 saturated heterocycles. The third-order valence-electron chi connectivity index (χ3n) is 2.64. The molecule has 1 heterocycles. The molecule has 4 nitrogen and oxygen atoms in total. The number of likely N-dealkylation sites (tertiary alicyclic amines) is 1. The Morgan fingerprint density at radius 1 is 1.57 bits per heavy atom. The molecule has 82 valence electrons. The quantitative estimate of drug-likeness (QED) is 0.650. The number of piperidine rings is 1. The fourth-order valence-corrected chi connectivity index (χ4v) is 1.61. The van der Waals surface area contributed by atoms with Crippen molar-refractivity contribution in [3.05, 3.63) is 0 Å². The van der Waals surface area contributed by atoms with Crippen molar-refractivity contribution < 1.29 is 9.90 Å². The molecule has 0 spiro atoms. The molecule has 14 heavy (non-hydrogen) atoms. The summed E-state index contributed by atoms with van der Waals surface area (Å²) in [6, 6.07) is -0.0684. The highest BCUT2D eigenvalue weighted by Crippen LogP contribution is 2.10. The molecule has 0 aliphatic carbocycles. The lowest BCUT2D eigenvalue weighted by molar-refractivity contribution is -0.126. The summed E-state index contributed by atoms with van der Waals surface area (Å²) in [6.07, 6.45) is 0.396. The van der Waals surface area contributed by atoms with Gasteiger partial charge in [-0.05, 0) is 20.0 Å². The molecule has 1 fully saturated rings. The zero-order valence-electron chi connectivity index (χ0n) is 9.16. The van der Waals surface area contributed by atoms with Gasteiger partial charge in [0.2, 0.25) is 5.91 Å². The van der Waals surface area contributed by atoms with Crippen LogP contribution >= 0.6 is 0 Å². The van der Waals surface area contributed by atoms with Gasteiger partial charge in [0.1, 0.15) is 0 Å². The van der Waals surface area contributed by atoms with Gasteiger partial charge in [-0.2, -0.15) is 0 Å². The van der Waals surface area contributed by atoms with Crippen molar-refractivity contribution in [2.24, 2.45) is 5.92 Å². The summed E-state index contributed by atoms with van der Waals surface area (Å²) in [7, 11) is 1.98. The van der Waals surface area contributed by atoms with Crippen LogP contribution < -0.4 is 5.32 Å². The lowest BCUT2D eigenvalue weighted by atomic mass is 10.0. The molecule has 0 saturated carbocycles.